The maximum atomic E-state index is 10.5. The molecule has 0 bridgehead atoms. The van der Waals surface area contributed by atoms with Crippen LogP contribution in [0.15, 0.2) is 0 Å². The fourth-order valence-corrected chi connectivity index (χ4v) is 0. The van der Waals surface area contributed by atoms with Crippen molar-refractivity contribution >= 4 is 16.2 Å². The third-order valence-electron chi connectivity index (χ3n) is 0.231. The number of alkyl halides is 6. The van der Waals surface area contributed by atoms with Crippen LogP contribution >= 0.6 is 0 Å². The normalized spacial score (nSPS) is 10.9. The molecule has 0 amide bonds. The Hall–Kier alpha value is 0.267. The molecule has 2 nitrogen and oxygen atoms in total. The summed E-state index contributed by atoms with van der Waals surface area (Å²) < 4.78 is 62.8. The van der Waals surface area contributed by atoms with Crippen LogP contribution in [0.5, 0.6) is 0 Å². The van der Waals surface area contributed by atoms with E-state index in [9.17, 15) is 26.3 Å². The van der Waals surface area contributed by atoms with Gasteiger partial charge in [-0.05, 0) is 0 Å². The van der Waals surface area contributed by atoms with Crippen LogP contribution in [-0.4, -0.2) is 28.2 Å². The van der Waals surface area contributed by atoms with Gasteiger partial charge >= 0.3 is 41.5 Å². The van der Waals surface area contributed by atoms with Crippen LogP contribution in [0, 0.1) is 0 Å². The van der Waals surface area contributed by atoms with Crippen LogP contribution in [0.2, 0.25) is 0 Å². The topological polar surface area (TPSA) is 40.1 Å². The van der Waals surface area contributed by atoms with Crippen molar-refractivity contribution in [3.05, 3.63) is 0 Å². The molecule has 0 radical (unpaired) electrons. The van der Waals surface area contributed by atoms with E-state index >= 15 is 0 Å². The number of carbonyl (C=O) groups excluding carboxylic acids is 1. The number of carbonyl (C=O) groups is 1. The van der Waals surface area contributed by atoms with Gasteiger partial charge in [0.05, 0.1) is 0 Å². The Labute approximate surface area is 94.0 Å². The Morgan fingerprint density at radius 3 is 1.15 bits per heavy atom. The Bertz CT molecular complexity index is 147. The van der Waals surface area contributed by atoms with Crippen molar-refractivity contribution in [2.24, 2.45) is 0 Å². The van der Waals surface area contributed by atoms with E-state index in [2.05, 4.69) is 0 Å². The molecule has 74 valence electrons. The first-order chi connectivity index (χ1) is 4.94. The first-order valence-electron chi connectivity index (χ1n) is 2.29. The third kappa shape index (κ3) is 32.9. The Balaban J connectivity index is -0.000000150. The maximum Gasteiger partial charge on any atom is 1.00 e. The maximum absolute atomic E-state index is 10.5. The minimum absolute atomic E-state index is 0. The van der Waals surface area contributed by atoms with Crippen molar-refractivity contribution in [2.45, 2.75) is 12.0 Å². The summed E-state index contributed by atoms with van der Waals surface area (Å²) in [7, 11) is -0.692. The van der Waals surface area contributed by atoms with E-state index in [1.165, 1.54) is 0 Å². The van der Waals surface area contributed by atoms with Gasteiger partial charge in [0, 0.05) is 0 Å². The molecule has 0 N–H and O–H groups in total. The van der Waals surface area contributed by atoms with Crippen molar-refractivity contribution < 1.29 is 65.8 Å². The van der Waals surface area contributed by atoms with Gasteiger partial charge in [-0.3, -0.25) is 0 Å². The number of carboxylic acids is 1. The summed E-state index contributed by atoms with van der Waals surface area (Å²) in [4.78, 5) is 8.78. The average molecular weight is 236 g/mol. The van der Waals surface area contributed by atoms with Crippen LogP contribution in [0.4, 0.5) is 26.3 Å². The monoisotopic (exact) mass is 236 g/mol. The van der Waals surface area contributed by atoms with E-state index < -0.39 is 28.2 Å². The van der Waals surface area contributed by atoms with Gasteiger partial charge in [-0.25, -0.2) is 0 Å². The molecule has 0 saturated heterocycles. The first-order valence-corrected chi connectivity index (χ1v) is 3.29. The molecule has 10 heteroatoms. The zero-order valence-electron chi connectivity index (χ0n) is 6.58. The van der Waals surface area contributed by atoms with Gasteiger partial charge in [0.1, 0.15) is 16.2 Å². The minimum Gasteiger partial charge on any atom is -0.542 e. The number of carboxylic acid groups (broad SMARTS) is 1. The molecule has 0 aliphatic rings. The van der Waals surface area contributed by atoms with Crippen LogP contribution in [0.25, 0.3) is 0 Å². The van der Waals surface area contributed by atoms with Crippen LogP contribution in [-0.2, 0) is 4.79 Å². The molecule has 0 aromatic rings. The van der Waals surface area contributed by atoms with Gasteiger partial charge in [0.15, 0.2) is 0 Å². The molecular formula is C3H3F6NaO2Si. The molecule has 0 rings (SSSR count). The van der Waals surface area contributed by atoms with Crippen molar-refractivity contribution in [1.29, 1.82) is 0 Å². The standard InChI is InChI=1S/C2HF3O2.CH3F3Si.Na/c3-2(4,5)1(6)7;2-1(3,4)5;/h(H,6,7);5H3;/q;;+1/p-1. The van der Waals surface area contributed by atoms with Crippen molar-refractivity contribution in [3.8, 4) is 0 Å². The van der Waals surface area contributed by atoms with Gasteiger partial charge in [0.2, 0.25) is 0 Å². The molecule has 0 saturated carbocycles. The zero-order valence-corrected chi connectivity index (χ0v) is 10.6. The third-order valence-corrected chi connectivity index (χ3v) is 0.231. The smallest absolute Gasteiger partial charge is 0.542 e. The molecule has 0 unspecified atom stereocenters. The number of rotatable bonds is 0. The quantitative estimate of drug-likeness (QED) is 0.319. The summed E-state index contributed by atoms with van der Waals surface area (Å²) in [5.74, 6) is -6.87. The summed E-state index contributed by atoms with van der Waals surface area (Å²) in [5.41, 5.74) is 0. The molecular weight excluding hydrogens is 233 g/mol. The van der Waals surface area contributed by atoms with Gasteiger partial charge in [-0.1, -0.05) is 0 Å². The summed E-state index contributed by atoms with van der Waals surface area (Å²) in [6.07, 6.45) is -5.19. The number of halogens is 6. The second-order valence-corrected chi connectivity index (χ2v) is 2.70. The van der Waals surface area contributed by atoms with E-state index in [-0.39, 0.29) is 29.6 Å². The Kier molecular flexibility index (Phi) is 9.73. The van der Waals surface area contributed by atoms with Crippen LogP contribution < -0.4 is 34.7 Å². The fourth-order valence-electron chi connectivity index (χ4n) is 0. The zero-order chi connectivity index (χ0) is 10.6. The predicted molar refractivity (Wildman–Crippen MR) is 27.1 cm³/mol. The summed E-state index contributed by atoms with van der Waals surface area (Å²) in [5, 5.41) is 8.78. The summed E-state index contributed by atoms with van der Waals surface area (Å²) in [6.45, 7) is 0. The van der Waals surface area contributed by atoms with Gasteiger partial charge in [0.25, 0.3) is 0 Å². The van der Waals surface area contributed by atoms with Crippen LogP contribution in [0.3, 0.4) is 0 Å². The molecule has 0 fully saturated rings. The summed E-state index contributed by atoms with van der Waals surface area (Å²) in [6, 6.07) is 0. The second kappa shape index (κ2) is 6.68. The van der Waals surface area contributed by atoms with Crippen molar-refractivity contribution in [1.82, 2.24) is 0 Å². The molecule has 0 aliphatic heterocycles. The molecule has 13 heavy (non-hydrogen) atoms. The molecule has 0 aromatic heterocycles. The van der Waals surface area contributed by atoms with Gasteiger partial charge < -0.3 is 9.90 Å². The van der Waals surface area contributed by atoms with Crippen molar-refractivity contribution in [2.75, 3.05) is 0 Å². The Morgan fingerprint density at radius 1 is 1.08 bits per heavy atom. The first kappa shape index (κ1) is 18.9. The number of aliphatic carboxylic acids is 1. The average Bonchev–Trinajstić information content (AvgIpc) is 1.55. The second-order valence-electron chi connectivity index (χ2n) is 1.57. The molecule has 0 aromatic carbocycles. The van der Waals surface area contributed by atoms with Gasteiger partial charge in [-0.2, -0.15) is 26.3 Å². The predicted octanol–water partition coefficient (Wildman–Crippen LogP) is -3.83. The van der Waals surface area contributed by atoms with Crippen molar-refractivity contribution in [3.63, 3.8) is 0 Å². The van der Waals surface area contributed by atoms with E-state index in [1.807, 2.05) is 0 Å². The number of hydrogen-bond donors (Lipinski definition) is 0. The Morgan fingerprint density at radius 2 is 1.15 bits per heavy atom. The molecule has 0 spiro atoms. The van der Waals surface area contributed by atoms with Crippen LogP contribution in [0.1, 0.15) is 0 Å². The van der Waals surface area contributed by atoms with E-state index in [1.54, 1.807) is 0 Å². The van der Waals surface area contributed by atoms with E-state index in [0.29, 0.717) is 0 Å². The molecule has 0 heterocycles. The van der Waals surface area contributed by atoms with E-state index in [0.717, 1.165) is 0 Å². The largest absolute Gasteiger partial charge is 1.00 e. The number of hydrogen-bond acceptors (Lipinski definition) is 2. The SMILES string of the molecule is FC(F)(F)[SiH3].O=C([O-])C(F)(F)F.[Na+]. The summed E-state index contributed by atoms with van der Waals surface area (Å²) >= 11 is 0. The fraction of sp³-hybridized carbons (Fsp3) is 0.667. The molecule has 0 atom stereocenters. The molecule has 0 aliphatic carbocycles. The van der Waals surface area contributed by atoms with Gasteiger partial charge in [-0.15, -0.1) is 0 Å². The minimum atomic E-state index is -5.19. The van der Waals surface area contributed by atoms with E-state index in [4.69, 9.17) is 9.90 Å².